The lowest BCUT2D eigenvalue weighted by Gasteiger charge is -1.98. The van der Waals surface area contributed by atoms with Gasteiger partial charge in [-0.15, -0.1) is 0 Å². The van der Waals surface area contributed by atoms with Crippen molar-refractivity contribution in [2.24, 2.45) is 0 Å². The van der Waals surface area contributed by atoms with E-state index in [-0.39, 0.29) is 16.4 Å². The zero-order valence-corrected chi connectivity index (χ0v) is 11.0. The van der Waals surface area contributed by atoms with Gasteiger partial charge in [-0.1, -0.05) is 11.3 Å². The summed E-state index contributed by atoms with van der Waals surface area (Å²) in [7, 11) is -0.924. The molecule has 0 aliphatic rings. The second-order valence-corrected chi connectivity index (χ2v) is 5.82. The van der Waals surface area contributed by atoms with Gasteiger partial charge < -0.3 is 10.4 Å². The van der Waals surface area contributed by atoms with Crippen molar-refractivity contribution in [3.8, 4) is 0 Å². The largest absolute Gasteiger partial charge is 0.476 e. The number of nitrogens with zero attached hydrogens (tertiary/aromatic N) is 1. The molecule has 0 saturated carbocycles. The topological polar surface area (TPSA) is 96.4 Å². The van der Waals surface area contributed by atoms with Crippen molar-refractivity contribution in [2.75, 3.05) is 23.9 Å². The molecule has 1 heterocycles. The van der Waals surface area contributed by atoms with E-state index in [1.54, 1.807) is 6.26 Å². The van der Waals surface area contributed by atoms with Gasteiger partial charge in [0.15, 0.2) is 16.6 Å². The second kappa shape index (κ2) is 5.87. The molecule has 0 aromatic carbocycles. The average molecular weight is 276 g/mol. The minimum absolute atomic E-state index is 0.123. The van der Waals surface area contributed by atoms with E-state index < -0.39 is 16.8 Å². The Hall–Kier alpha value is -1.28. The van der Waals surface area contributed by atoms with Crippen LogP contribution in [0, 0.1) is 0 Å². The number of aromatic nitrogens is 1. The van der Waals surface area contributed by atoms with E-state index in [0.29, 0.717) is 17.4 Å². The summed E-state index contributed by atoms with van der Waals surface area (Å²) in [6.07, 6.45) is 1.58. The summed E-state index contributed by atoms with van der Waals surface area (Å²) in [4.78, 5) is 26.0. The smallest absolute Gasteiger partial charge is 0.356 e. The van der Waals surface area contributed by atoms with Gasteiger partial charge in [-0.3, -0.25) is 9.00 Å². The van der Waals surface area contributed by atoms with Crippen molar-refractivity contribution >= 4 is 39.0 Å². The van der Waals surface area contributed by atoms with Crippen LogP contribution in [0.15, 0.2) is 0 Å². The Morgan fingerprint density at radius 1 is 1.53 bits per heavy atom. The maximum Gasteiger partial charge on any atom is 0.356 e. The number of aromatic carboxylic acids is 1. The first kappa shape index (κ1) is 13.8. The number of thiazole rings is 1. The van der Waals surface area contributed by atoms with Crippen LogP contribution in [0.25, 0.3) is 0 Å². The van der Waals surface area contributed by atoms with Crippen molar-refractivity contribution in [3.05, 3.63) is 10.6 Å². The minimum Gasteiger partial charge on any atom is -0.476 e. The Kier molecular flexibility index (Phi) is 4.76. The number of carbonyl (C=O) groups is 2. The van der Waals surface area contributed by atoms with Crippen LogP contribution in [0.4, 0.5) is 5.13 Å². The summed E-state index contributed by atoms with van der Waals surface area (Å²) in [5, 5.41) is 12.1. The summed E-state index contributed by atoms with van der Waals surface area (Å²) in [5.41, 5.74) is -0.234. The fraction of sp³-hybridized carbons (Fsp3) is 0.444. The third kappa shape index (κ3) is 3.90. The van der Waals surface area contributed by atoms with Crippen LogP contribution in [-0.2, 0) is 10.8 Å². The number of ketones is 1. The monoisotopic (exact) mass is 276 g/mol. The van der Waals surface area contributed by atoms with Gasteiger partial charge in [-0.25, -0.2) is 9.78 Å². The van der Waals surface area contributed by atoms with E-state index in [1.165, 1.54) is 6.92 Å². The number of Topliss-reactive ketones (excluding diaryl/α,β-unsaturated/α-hetero) is 1. The molecule has 0 amide bonds. The summed E-state index contributed by atoms with van der Waals surface area (Å²) in [6, 6.07) is 0. The lowest BCUT2D eigenvalue weighted by Crippen LogP contribution is -2.10. The summed E-state index contributed by atoms with van der Waals surface area (Å²) in [5.74, 6) is -1.11. The number of carboxylic acids is 1. The number of carboxylic acid groups (broad SMARTS) is 1. The quantitative estimate of drug-likeness (QED) is 0.747. The fourth-order valence-electron chi connectivity index (χ4n) is 1.08. The van der Waals surface area contributed by atoms with Crippen molar-refractivity contribution in [1.82, 2.24) is 4.98 Å². The molecule has 94 valence electrons. The second-order valence-electron chi connectivity index (χ2n) is 3.26. The van der Waals surface area contributed by atoms with Crippen LogP contribution in [0.2, 0.25) is 0 Å². The van der Waals surface area contributed by atoms with Crippen LogP contribution < -0.4 is 5.32 Å². The van der Waals surface area contributed by atoms with Gasteiger partial charge in [0.1, 0.15) is 4.88 Å². The van der Waals surface area contributed by atoms with Crippen molar-refractivity contribution in [1.29, 1.82) is 0 Å². The molecule has 0 fully saturated rings. The SMILES string of the molecule is CC(=O)c1sc(NCCS(C)=O)nc1C(=O)O. The number of rotatable bonds is 6. The normalized spacial score (nSPS) is 12.1. The van der Waals surface area contributed by atoms with Gasteiger partial charge in [0.05, 0.1) is 0 Å². The number of hydrogen-bond donors (Lipinski definition) is 2. The highest BCUT2D eigenvalue weighted by Crippen LogP contribution is 2.23. The predicted octanol–water partition coefficient (Wildman–Crippen LogP) is 0.834. The minimum atomic E-state index is -1.22. The van der Waals surface area contributed by atoms with E-state index in [4.69, 9.17) is 5.11 Å². The van der Waals surface area contributed by atoms with Crippen LogP contribution in [0.1, 0.15) is 27.1 Å². The number of hydrogen-bond acceptors (Lipinski definition) is 6. The van der Waals surface area contributed by atoms with Crippen molar-refractivity contribution < 1.29 is 18.9 Å². The maximum absolute atomic E-state index is 11.2. The number of carbonyl (C=O) groups excluding carboxylic acids is 1. The fourth-order valence-corrected chi connectivity index (χ4v) is 2.35. The standard InChI is InChI=1S/C9H12N2O4S2/c1-5(12)7-6(8(13)14)11-9(16-7)10-3-4-17(2)15/h3-4H2,1-2H3,(H,10,11)(H,13,14). The molecule has 0 saturated heterocycles. The van der Waals surface area contributed by atoms with E-state index >= 15 is 0 Å². The highest BCUT2D eigenvalue weighted by molar-refractivity contribution is 7.84. The summed E-state index contributed by atoms with van der Waals surface area (Å²) in [6.45, 7) is 1.72. The van der Waals surface area contributed by atoms with Gasteiger partial charge in [-0.05, 0) is 0 Å². The van der Waals surface area contributed by atoms with Gasteiger partial charge in [0.25, 0.3) is 0 Å². The Labute approximate surface area is 105 Å². The van der Waals surface area contributed by atoms with Crippen LogP contribution >= 0.6 is 11.3 Å². The Balaban J connectivity index is 2.81. The molecule has 0 bridgehead atoms. The van der Waals surface area contributed by atoms with Gasteiger partial charge in [0, 0.05) is 36.3 Å². The average Bonchev–Trinajstić information content (AvgIpc) is 2.61. The van der Waals surface area contributed by atoms with Crippen LogP contribution in [0.3, 0.4) is 0 Å². The van der Waals surface area contributed by atoms with Crippen LogP contribution in [-0.4, -0.2) is 44.6 Å². The zero-order valence-electron chi connectivity index (χ0n) is 9.35. The maximum atomic E-state index is 11.2. The van der Waals surface area contributed by atoms with Crippen LogP contribution in [0.5, 0.6) is 0 Å². The van der Waals surface area contributed by atoms with E-state index in [1.807, 2.05) is 0 Å². The molecule has 1 atom stereocenters. The summed E-state index contributed by atoms with van der Waals surface area (Å²) >= 11 is 0.996. The molecule has 0 spiro atoms. The van der Waals surface area contributed by atoms with Crippen molar-refractivity contribution in [2.45, 2.75) is 6.92 Å². The molecule has 6 nitrogen and oxygen atoms in total. The third-order valence-electron chi connectivity index (χ3n) is 1.82. The number of nitrogens with one attached hydrogen (secondary N) is 1. The van der Waals surface area contributed by atoms with E-state index in [0.717, 1.165) is 11.3 Å². The molecule has 17 heavy (non-hydrogen) atoms. The molecular weight excluding hydrogens is 264 g/mol. The molecule has 2 N–H and O–H groups in total. The lowest BCUT2D eigenvalue weighted by atomic mass is 10.3. The van der Waals surface area contributed by atoms with Gasteiger partial charge in [-0.2, -0.15) is 0 Å². The molecule has 1 aromatic heterocycles. The zero-order chi connectivity index (χ0) is 13.0. The first-order valence-electron chi connectivity index (χ1n) is 4.70. The lowest BCUT2D eigenvalue weighted by molar-refractivity contribution is 0.0687. The van der Waals surface area contributed by atoms with E-state index in [9.17, 15) is 13.8 Å². The Bertz CT molecular complexity index is 438. The molecule has 0 radical (unpaired) electrons. The van der Waals surface area contributed by atoms with E-state index in [2.05, 4.69) is 10.3 Å². The molecule has 0 aliphatic carbocycles. The molecule has 1 aromatic rings. The Morgan fingerprint density at radius 3 is 2.59 bits per heavy atom. The first-order valence-corrected chi connectivity index (χ1v) is 7.25. The summed E-state index contributed by atoms with van der Waals surface area (Å²) < 4.78 is 10.8. The molecule has 1 rings (SSSR count). The predicted molar refractivity (Wildman–Crippen MR) is 66.5 cm³/mol. The number of anilines is 1. The van der Waals surface area contributed by atoms with Gasteiger partial charge >= 0.3 is 5.97 Å². The first-order chi connectivity index (χ1) is 7.91. The molecular formula is C9H12N2O4S2. The third-order valence-corrected chi connectivity index (χ3v) is 3.71. The molecule has 0 aliphatic heterocycles. The highest BCUT2D eigenvalue weighted by Gasteiger charge is 2.20. The van der Waals surface area contributed by atoms with Gasteiger partial charge in [0.2, 0.25) is 0 Å². The Morgan fingerprint density at radius 2 is 2.18 bits per heavy atom. The molecule has 1 unspecified atom stereocenters. The molecule has 8 heteroatoms. The highest BCUT2D eigenvalue weighted by atomic mass is 32.2. The van der Waals surface area contributed by atoms with Crippen molar-refractivity contribution in [3.63, 3.8) is 0 Å².